The average Bonchev–Trinajstić information content (AvgIpc) is 3.38. The molecule has 3 heterocycles. The Morgan fingerprint density at radius 2 is 2.09 bits per heavy atom. The SMILES string of the molecule is CCCNC(=O)[C@H]1[C@@H]2SC3(CC2Br)C(C(=O)Nc2c(C)cccc2Cl)N(CCCCO)C(=O)[C@H]13. The number of anilines is 1. The Bertz CT molecular complexity index is 961. The molecule has 0 saturated carbocycles. The summed E-state index contributed by atoms with van der Waals surface area (Å²) in [4.78, 5) is 42.5. The number of nitrogens with one attached hydrogen (secondary N) is 2. The lowest BCUT2D eigenvalue weighted by Crippen LogP contribution is -2.53. The topological polar surface area (TPSA) is 98.7 Å². The Balaban J connectivity index is 1.70. The summed E-state index contributed by atoms with van der Waals surface area (Å²) in [6.07, 6.45) is 2.56. The number of benzene rings is 1. The van der Waals surface area contributed by atoms with Crippen molar-refractivity contribution in [3.63, 3.8) is 0 Å². The van der Waals surface area contributed by atoms with Crippen LogP contribution in [-0.4, -0.2) is 68.3 Å². The normalized spacial score (nSPS) is 31.6. The molecule has 10 heteroatoms. The number of rotatable bonds is 9. The number of alkyl halides is 1. The van der Waals surface area contributed by atoms with E-state index in [1.807, 2.05) is 26.0 Å². The maximum Gasteiger partial charge on any atom is 0.248 e. The van der Waals surface area contributed by atoms with Crippen molar-refractivity contribution in [3.05, 3.63) is 28.8 Å². The summed E-state index contributed by atoms with van der Waals surface area (Å²) in [6.45, 7) is 4.81. The van der Waals surface area contributed by atoms with Crippen LogP contribution in [0.15, 0.2) is 18.2 Å². The third kappa shape index (κ3) is 4.27. The highest BCUT2D eigenvalue weighted by Crippen LogP contribution is 2.67. The number of aryl methyl sites for hydroxylation is 1. The lowest BCUT2D eigenvalue weighted by Gasteiger charge is -2.35. The van der Waals surface area contributed by atoms with Gasteiger partial charge in [-0.15, -0.1) is 11.8 Å². The van der Waals surface area contributed by atoms with Gasteiger partial charge in [0, 0.05) is 29.8 Å². The molecule has 1 aromatic rings. The molecule has 3 fully saturated rings. The van der Waals surface area contributed by atoms with Gasteiger partial charge in [0.15, 0.2) is 0 Å². The average molecular weight is 573 g/mol. The summed E-state index contributed by atoms with van der Waals surface area (Å²) in [5.74, 6) is -1.56. The molecule has 4 rings (SSSR count). The molecule has 0 aliphatic carbocycles. The minimum absolute atomic E-state index is 0.0225. The van der Waals surface area contributed by atoms with Crippen molar-refractivity contribution in [2.24, 2.45) is 11.8 Å². The van der Waals surface area contributed by atoms with Gasteiger partial charge in [0.25, 0.3) is 0 Å². The van der Waals surface area contributed by atoms with Crippen LogP contribution in [0.5, 0.6) is 0 Å². The first-order valence-electron chi connectivity index (χ1n) is 11.8. The summed E-state index contributed by atoms with van der Waals surface area (Å²) in [7, 11) is 0. The van der Waals surface area contributed by atoms with Crippen LogP contribution in [-0.2, 0) is 14.4 Å². The Morgan fingerprint density at radius 1 is 1.32 bits per heavy atom. The first-order chi connectivity index (χ1) is 16.3. The van der Waals surface area contributed by atoms with Gasteiger partial charge in [-0.3, -0.25) is 14.4 Å². The number of para-hydroxylation sites is 1. The first-order valence-corrected chi connectivity index (χ1v) is 14.0. The van der Waals surface area contributed by atoms with Crippen LogP contribution in [0.3, 0.4) is 0 Å². The van der Waals surface area contributed by atoms with E-state index in [2.05, 4.69) is 26.6 Å². The molecule has 1 spiro atoms. The third-order valence-electron chi connectivity index (χ3n) is 7.17. The fourth-order valence-electron chi connectivity index (χ4n) is 5.71. The van der Waals surface area contributed by atoms with Gasteiger partial charge in [-0.1, -0.05) is 46.6 Å². The number of fused-ring (bicyclic) bond motifs is 1. The summed E-state index contributed by atoms with van der Waals surface area (Å²) in [5, 5.41) is 15.6. The second-order valence-electron chi connectivity index (χ2n) is 9.34. The Labute approximate surface area is 217 Å². The lowest BCUT2D eigenvalue weighted by molar-refractivity contribution is -0.139. The summed E-state index contributed by atoms with van der Waals surface area (Å²) < 4.78 is -0.692. The standard InChI is InChI=1S/C24H31BrClN3O4S/c1-3-9-27-21(31)16-17-23(33)29(10-4-5-11-30)20(24(17)12-14(25)19(16)34-24)22(32)28-18-13(2)7-6-8-15(18)26/h6-8,14,16-17,19-20,30H,3-5,9-12H2,1-2H3,(H,27,31)(H,28,32)/t14?,16-,17+,19-,20?,24?/m1/s1. The van der Waals surface area contributed by atoms with E-state index in [-0.39, 0.29) is 34.4 Å². The number of thioether (sulfide) groups is 1. The van der Waals surface area contributed by atoms with E-state index in [4.69, 9.17) is 11.6 Å². The number of hydrogen-bond donors (Lipinski definition) is 3. The number of amides is 3. The van der Waals surface area contributed by atoms with Crippen molar-refractivity contribution in [1.29, 1.82) is 0 Å². The van der Waals surface area contributed by atoms with Crippen LogP contribution >= 0.6 is 39.3 Å². The fraction of sp³-hybridized carbons (Fsp3) is 0.625. The molecule has 3 aliphatic rings. The monoisotopic (exact) mass is 571 g/mol. The molecular weight excluding hydrogens is 542 g/mol. The number of nitrogens with zero attached hydrogens (tertiary/aromatic N) is 1. The van der Waals surface area contributed by atoms with Crippen LogP contribution < -0.4 is 10.6 Å². The van der Waals surface area contributed by atoms with E-state index in [0.29, 0.717) is 43.1 Å². The molecule has 3 amide bonds. The van der Waals surface area contributed by atoms with E-state index in [0.717, 1.165) is 12.0 Å². The van der Waals surface area contributed by atoms with Crippen LogP contribution in [0.25, 0.3) is 0 Å². The summed E-state index contributed by atoms with van der Waals surface area (Å²) in [5.41, 5.74) is 1.38. The predicted octanol–water partition coefficient (Wildman–Crippen LogP) is 3.35. The minimum Gasteiger partial charge on any atom is -0.396 e. The molecule has 3 N–H and O–H groups in total. The van der Waals surface area contributed by atoms with Crippen molar-refractivity contribution < 1.29 is 19.5 Å². The fourth-order valence-corrected chi connectivity index (χ4v) is 9.59. The van der Waals surface area contributed by atoms with Gasteiger partial charge in [-0.2, -0.15) is 0 Å². The Morgan fingerprint density at radius 3 is 2.76 bits per heavy atom. The van der Waals surface area contributed by atoms with Crippen molar-refractivity contribution in [2.75, 3.05) is 25.0 Å². The second kappa shape index (κ2) is 10.4. The smallest absolute Gasteiger partial charge is 0.248 e. The number of aliphatic hydroxyl groups is 1. The molecule has 6 atom stereocenters. The number of likely N-dealkylation sites (tertiary alicyclic amines) is 1. The van der Waals surface area contributed by atoms with Gasteiger partial charge >= 0.3 is 0 Å². The lowest BCUT2D eigenvalue weighted by atomic mass is 9.70. The van der Waals surface area contributed by atoms with Crippen molar-refractivity contribution in [3.8, 4) is 0 Å². The summed E-state index contributed by atoms with van der Waals surface area (Å²) >= 11 is 11.8. The maximum atomic E-state index is 13.8. The molecular formula is C24H31BrClN3O4S. The van der Waals surface area contributed by atoms with Gasteiger partial charge in [0.2, 0.25) is 17.7 Å². The van der Waals surface area contributed by atoms with Gasteiger partial charge < -0.3 is 20.6 Å². The van der Waals surface area contributed by atoms with E-state index < -0.39 is 22.6 Å². The molecule has 3 unspecified atom stereocenters. The minimum atomic E-state index is -0.724. The second-order valence-corrected chi connectivity index (χ2v) is 12.5. The molecule has 7 nitrogen and oxygen atoms in total. The molecule has 3 saturated heterocycles. The number of carbonyl (C=O) groups excluding carboxylic acids is 3. The van der Waals surface area contributed by atoms with Gasteiger partial charge in [-0.25, -0.2) is 0 Å². The molecule has 0 aromatic heterocycles. The van der Waals surface area contributed by atoms with Crippen LogP contribution in [0, 0.1) is 18.8 Å². The predicted molar refractivity (Wildman–Crippen MR) is 138 cm³/mol. The molecule has 3 aliphatic heterocycles. The highest BCUT2D eigenvalue weighted by Gasteiger charge is 2.75. The number of aliphatic hydroxyl groups excluding tert-OH is 1. The van der Waals surface area contributed by atoms with Crippen molar-refractivity contribution in [1.82, 2.24) is 10.2 Å². The molecule has 2 bridgehead atoms. The van der Waals surface area contributed by atoms with Gasteiger partial charge in [0.1, 0.15) is 6.04 Å². The van der Waals surface area contributed by atoms with Gasteiger partial charge in [0.05, 0.1) is 27.3 Å². The van der Waals surface area contributed by atoms with Crippen LogP contribution in [0.1, 0.15) is 38.2 Å². The van der Waals surface area contributed by atoms with Gasteiger partial charge in [-0.05, 0) is 44.2 Å². The maximum absolute atomic E-state index is 13.8. The number of halogens is 2. The molecule has 0 radical (unpaired) electrons. The molecule has 186 valence electrons. The largest absolute Gasteiger partial charge is 0.396 e. The Kier molecular flexibility index (Phi) is 7.86. The molecule has 34 heavy (non-hydrogen) atoms. The van der Waals surface area contributed by atoms with Crippen LogP contribution in [0.4, 0.5) is 5.69 Å². The zero-order valence-corrected chi connectivity index (χ0v) is 22.5. The molecule has 1 aromatic carbocycles. The highest BCUT2D eigenvalue weighted by atomic mass is 79.9. The van der Waals surface area contributed by atoms with E-state index in [9.17, 15) is 19.5 Å². The van der Waals surface area contributed by atoms with E-state index in [1.54, 1.807) is 22.7 Å². The van der Waals surface area contributed by atoms with Crippen LogP contribution in [0.2, 0.25) is 5.02 Å². The van der Waals surface area contributed by atoms with Crippen molar-refractivity contribution >= 4 is 62.7 Å². The first kappa shape index (κ1) is 25.8. The van der Waals surface area contributed by atoms with Crippen molar-refractivity contribution in [2.45, 2.75) is 60.4 Å². The Hall–Kier alpha value is -1.29. The zero-order chi connectivity index (χ0) is 24.6. The van der Waals surface area contributed by atoms with E-state index in [1.165, 1.54) is 0 Å². The number of carbonyl (C=O) groups is 3. The zero-order valence-electron chi connectivity index (χ0n) is 19.4. The quantitative estimate of drug-likeness (QED) is 0.311. The third-order valence-corrected chi connectivity index (χ3v) is 10.7. The summed E-state index contributed by atoms with van der Waals surface area (Å²) in [6, 6.07) is 4.70. The number of hydrogen-bond acceptors (Lipinski definition) is 5. The number of unbranched alkanes of at least 4 members (excludes halogenated alkanes) is 1. The van der Waals surface area contributed by atoms with E-state index >= 15 is 0 Å². The highest BCUT2D eigenvalue weighted by molar-refractivity contribution is 9.09.